The molecule has 0 bridgehead atoms. The van der Waals surface area contributed by atoms with Crippen molar-refractivity contribution in [2.75, 3.05) is 31.1 Å². The van der Waals surface area contributed by atoms with Gasteiger partial charge in [0.25, 0.3) is 5.69 Å². The average molecular weight is 393 g/mol. The van der Waals surface area contributed by atoms with Crippen LogP contribution in [0.1, 0.15) is 19.7 Å². The largest absolute Gasteiger partial charge is 0.369 e. The van der Waals surface area contributed by atoms with E-state index in [9.17, 15) is 10.1 Å². The molecule has 2 heterocycles. The smallest absolute Gasteiger partial charge is 0.269 e. The molecule has 1 saturated heterocycles. The normalized spacial score (nSPS) is 15.3. The van der Waals surface area contributed by atoms with Crippen molar-refractivity contribution in [3.8, 4) is 0 Å². The number of nitro benzene ring substituents is 1. The zero-order valence-electron chi connectivity index (χ0n) is 17.0. The quantitative estimate of drug-likeness (QED) is 0.469. The van der Waals surface area contributed by atoms with E-state index in [2.05, 4.69) is 46.4 Å². The Bertz CT molecular complexity index is 988. The number of piperazine rings is 1. The summed E-state index contributed by atoms with van der Waals surface area (Å²) in [5, 5.41) is 10.8. The molecule has 2 aromatic carbocycles. The summed E-state index contributed by atoms with van der Waals surface area (Å²) >= 11 is 0. The van der Waals surface area contributed by atoms with E-state index >= 15 is 0 Å². The number of para-hydroxylation sites is 2. The van der Waals surface area contributed by atoms with Gasteiger partial charge in [0, 0.05) is 50.5 Å². The third kappa shape index (κ3) is 4.24. The molecule has 7 nitrogen and oxygen atoms in total. The van der Waals surface area contributed by atoms with Gasteiger partial charge in [-0.25, -0.2) is 4.98 Å². The van der Waals surface area contributed by atoms with E-state index in [1.165, 1.54) is 5.52 Å². The Hall–Kier alpha value is -2.93. The second-order valence-electron chi connectivity index (χ2n) is 8.06. The predicted octanol–water partition coefficient (Wildman–Crippen LogP) is 3.92. The second-order valence-corrected chi connectivity index (χ2v) is 8.06. The maximum absolute atomic E-state index is 10.8. The minimum atomic E-state index is -0.356. The molecule has 1 aromatic heterocycles. The summed E-state index contributed by atoms with van der Waals surface area (Å²) in [5.41, 5.74) is 3.45. The highest BCUT2D eigenvalue weighted by Crippen LogP contribution is 2.22. The van der Waals surface area contributed by atoms with Gasteiger partial charge in [-0.2, -0.15) is 0 Å². The van der Waals surface area contributed by atoms with E-state index in [-0.39, 0.29) is 10.6 Å². The first-order valence-electron chi connectivity index (χ1n) is 10.2. The lowest BCUT2D eigenvalue weighted by Crippen LogP contribution is -2.46. The molecule has 0 aliphatic carbocycles. The van der Waals surface area contributed by atoms with Crippen LogP contribution in [-0.4, -0.2) is 45.6 Å². The van der Waals surface area contributed by atoms with Crippen molar-refractivity contribution < 1.29 is 4.92 Å². The Morgan fingerprint density at radius 2 is 1.72 bits per heavy atom. The summed E-state index contributed by atoms with van der Waals surface area (Å²) in [5.74, 6) is 1.69. The van der Waals surface area contributed by atoms with Gasteiger partial charge in [0.05, 0.1) is 22.5 Å². The van der Waals surface area contributed by atoms with Crippen molar-refractivity contribution in [2.24, 2.45) is 5.92 Å². The maximum Gasteiger partial charge on any atom is 0.269 e. The van der Waals surface area contributed by atoms with Crippen LogP contribution in [0.2, 0.25) is 0 Å². The fourth-order valence-electron chi connectivity index (χ4n) is 3.96. The molecule has 4 rings (SSSR count). The summed E-state index contributed by atoms with van der Waals surface area (Å²) in [7, 11) is 0. The zero-order chi connectivity index (χ0) is 20.4. The Morgan fingerprint density at radius 1 is 1.03 bits per heavy atom. The number of rotatable bonds is 6. The fraction of sp³-hybridized carbons (Fsp3) is 0.409. The summed E-state index contributed by atoms with van der Waals surface area (Å²) in [4.78, 5) is 20.1. The van der Waals surface area contributed by atoms with Gasteiger partial charge in [0.2, 0.25) is 0 Å². The number of nitro groups is 1. The first-order valence-corrected chi connectivity index (χ1v) is 10.2. The number of imidazole rings is 1. The highest BCUT2D eigenvalue weighted by molar-refractivity contribution is 5.75. The van der Waals surface area contributed by atoms with Crippen molar-refractivity contribution in [3.63, 3.8) is 0 Å². The standard InChI is InChI=1S/C22H27N5O2/c1-17(2)15-26-21-6-4-3-5-20(21)23-22(26)16-24-11-13-25(14-12-24)18-7-9-19(10-8-18)27(28)29/h3-10,17H,11-16H2,1-2H3. The van der Waals surface area contributed by atoms with Crippen LogP contribution in [0, 0.1) is 16.0 Å². The number of nitrogens with zero attached hydrogens (tertiary/aromatic N) is 5. The average Bonchev–Trinajstić information content (AvgIpc) is 3.05. The molecule has 7 heteroatoms. The van der Waals surface area contributed by atoms with Crippen LogP contribution in [0.15, 0.2) is 48.5 Å². The van der Waals surface area contributed by atoms with Gasteiger partial charge in [0.1, 0.15) is 5.82 Å². The first kappa shape index (κ1) is 19.4. The Morgan fingerprint density at radius 3 is 2.38 bits per heavy atom. The van der Waals surface area contributed by atoms with E-state index in [4.69, 9.17) is 4.98 Å². The van der Waals surface area contributed by atoms with Gasteiger partial charge in [-0.15, -0.1) is 0 Å². The Kier molecular flexibility index (Phi) is 5.49. The van der Waals surface area contributed by atoms with E-state index in [0.717, 1.165) is 56.3 Å². The van der Waals surface area contributed by atoms with Crippen LogP contribution >= 0.6 is 0 Å². The van der Waals surface area contributed by atoms with Crippen LogP contribution in [0.3, 0.4) is 0 Å². The van der Waals surface area contributed by atoms with Crippen LogP contribution in [0.4, 0.5) is 11.4 Å². The van der Waals surface area contributed by atoms with Gasteiger partial charge in [-0.05, 0) is 30.2 Å². The minimum Gasteiger partial charge on any atom is -0.369 e. The van der Waals surface area contributed by atoms with Crippen molar-refractivity contribution in [1.29, 1.82) is 0 Å². The molecule has 0 atom stereocenters. The molecular formula is C22H27N5O2. The second kappa shape index (κ2) is 8.21. The van der Waals surface area contributed by atoms with Crippen LogP contribution in [0.25, 0.3) is 11.0 Å². The van der Waals surface area contributed by atoms with Crippen molar-refractivity contribution in [1.82, 2.24) is 14.5 Å². The lowest BCUT2D eigenvalue weighted by Gasteiger charge is -2.36. The number of hydrogen-bond acceptors (Lipinski definition) is 5. The van der Waals surface area contributed by atoms with Crippen molar-refractivity contribution >= 4 is 22.4 Å². The molecule has 29 heavy (non-hydrogen) atoms. The van der Waals surface area contributed by atoms with Gasteiger partial charge in [-0.1, -0.05) is 26.0 Å². The third-order valence-electron chi connectivity index (χ3n) is 5.44. The summed E-state index contributed by atoms with van der Waals surface area (Å²) in [6.07, 6.45) is 0. The number of benzene rings is 2. The minimum absolute atomic E-state index is 0.136. The van der Waals surface area contributed by atoms with E-state index in [1.807, 2.05) is 18.2 Å². The molecule has 0 amide bonds. The number of anilines is 1. The van der Waals surface area contributed by atoms with Gasteiger partial charge in [-0.3, -0.25) is 15.0 Å². The molecule has 0 radical (unpaired) electrons. The molecule has 0 N–H and O–H groups in total. The highest BCUT2D eigenvalue weighted by Gasteiger charge is 2.21. The lowest BCUT2D eigenvalue weighted by atomic mass is 10.2. The molecule has 0 unspecified atom stereocenters. The molecule has 1 fully saturated rings. The van der Waals surface area contributed by atoms with Crippen LogP contribution in [0.5, 0.6) is 0 Å². The van der Waals surface area contributed by atoms with E-state index in [0.29, 0.717) is 5.92 Å². The summed E-state index contributed by atoms with van der Waals surface area (Å²) in [6.45, 7) is 9.99. The lowest BCUT2D eigenvalue weighted by molar-refractivity contribution is -0.384. The van der Waals surface area contributed by atoms with E-state index < -0.39 is 0 Å². The van der Waals surface area contributed by atoms with Crippen molar-refractivity contribution in [2.45, 2.75) is 26.9 Å². The molecule has 0 saturated carbocycles. The fourth-order valence-corrected chi connectivity index (χ4v) is 3.96. The first-order chi connectivity index (χ1) is 14.0. The monoisotopic (exact) mass is 393 g/mol. The van der Waals surface area contributed by atoms with Crippen LogP contribution < -0.4 is 4.90 Å². The van der Waals surface area contributed by atoms with Gasteiger partial charge in [0.15, 0.2) is 0 Å². The number of aromatic nitrogens is 2. The third-order valence-corrected chi connectivity index (χ3v) is 5.44. The zero-order valence-corrected chi connectivity index (χ0v) is 17.0. The molecule has 152 valence electrons. The van der Waals surface area contributed by atoms with E-state index in [1.54, 1.807) is 12.1 Å². The van der Waals surface area contributed by atoms with Gasteiger partial charge >= 0.3 is 0 Å². The van der Waals surface area contributed by atoms with Crippen molar-refractivity contribution in [3.05, 3.63) is 64.5 Å². The Labute approximate surface area is 170 Å². The topological polar surface area (TPSA) is 67.4 Å². The maximum atomic E-state index is 10.8. The number of fused-ring (bicyclic) bond motifs is 1. The molecular weight excluding hydrogens is 366 g/mol. The summed E-state index contributed by atoms with van der Waals surface area (Å²) in [6, 6.07) is 15.2. The molecule has 1 aliphatic rings. The van der Waals surface area contributed by atoms with Crippen LogP contribution in [-0.2, 0) is 13.1 Å². The molecule has 1 aliphatic heterocycles. The highest BCUT2D eigenvalue weighted by atomic mass is 16.6. The number of hydrogen-bond donors (Lipinski definition) is 0. The SMILES string of the molecule is CC(C)Cn1c(CN2CCN(c3ccc([N+](=O)[O-])cc3)CC2)nc2ccccc21. The molecule has 3 aromatic rings. The van der Waals surface area contributed by atoms with Gasteiger partial charge < -0.3 is 9.47 Å². The number of non-ortho nitro benzene ring substituents is 1. The Balaban J connectivity index is 1.44. The predicted molar refractivity (Wildman–Crippen MR) is 115 cm³/mol. The molecule has 0 spiro atoms. The summed E-state index contributed by atoms with van der Waals surface area (Å²) < 4.78 is 2.36.